The van der Waals surface area contributed by atoms with Crippen molar-refractivity contribution in [1.29, 1.82) is 0 Å². The molecule has 1 saturated heterocycles. The molecule has 96 valence electrons. The summed E-state index contributed by atoms with van der Waals surface area (Å²) < 4.78 is 0. The summed E-state index contributed by atoms with van der Waals surface area (Å²) in [7, 11) is 0. The highest BCUT2D eigenvalue weighted by Gasteiger charge is 2.25. The molecular weight excluding hydrogens is 196 g/mol. The van der Waals surface area contributed by atoms with Crippen LogP contribution in [0.2, 0.25) is 0 Å². The minimum Gasteiger partial charge on any atom is -0.314 e. The van der Waals surface area contributed by atoms with Gasteiger partial charge in [0.05, 0.1) is 0 Å². The lowest BCUT2D eigenvalue weighted by atomic mass is 9.96. The van der Waals surface area contributed by atoms with Crippen LogP contribution in [0.1, 0.15) is 53.4 Å². The van der Waals surface area contributed by atoms with Crippen LogP contribution in [0.4, 0.5) is 0 Å². The lowest BCUT2D eigenvalue weighted by Gasteiger charge is -2.39. The molecule has 1 N–H and O–H groups in total. The highest BCUT2D eigenvalue weighted by molar-refractivity contribution is 4.83. The van der Waals surface area contributed by atoms with Gasteiger partial charge in [0.1, 0.15) is 0 Å². The van der Waals surface area contributed by atoms with Crippen LogP contribution >= 0.6 is 0 Å². The zero-order valence-corrected chi connectivity index (χ0v) is 11.6. The number of hydrogen-bond donors (Lipinski definition) is 1. The maximum Gasteiger partial charge on any atom is 0.00940 e. The van der Waals surface area contributed by atoms with Crippen molar-refractivity contribution in [1.82, 2.24) is 10.2 Å². The van der Waals surface area contributed by atoms with Gasteiger partial charge in [0.15, 0.2) is 0 Å². The Bertz CT molecular complexity index is 182. The Balaban J connectivity index is 2.28. The number of rotatable bonds is 6. The molecule has 3 atom stereocenters. The normalized spacial score (nSPS) is 29.2. The van der Waals surface area contributed by atoms with E-state index in [2.05, 4.69) is 37.9 Å². The zero-order valence-electron chi connectivity index (χ0n) is 11.6. The average molecular weight is 226 g/mol. The molecule has 0 saturated carbocycles. The Morgan fingerprint density at radius 2 is 2.12 bits per heavy atom. The molecule has 1 heterocycles. The van der Waals surface area contributed by atoms with E-state index in [-0.39, 0.29) is 0 Å². The Hall–Kier alpha value is -0.0800. The fraction of sp³-hybridized carbons (Fsp3) is 1.00. The van der Waals surface area contributed by atoms with Gasteiger partial charge in [-0.2, -0.15) is 0 Å². The Morgan fingerprint density at radius 1 is 1.38 bits per heavy atom. The number of piperidine rings is 1. The first kappa shape index (κ1) is 14.0. The highest BCUT2D eigenvalue weighted by Crippen LogP contribution is 2.19. The molecule has 0 aromatic carbocycles. The van der Waals surface area contributed by atoms with Crippen LogP contribution in [0, 0.1) is 5.92 Å². The first-order valence-corrected chi connectivity index (χ1v) is 7.14. The summed E-state index contributed by atoms with van der Waals surface area (Å²) in [5.41, 5.74) is 0. The zero-order chi connectivity index (χ0) is 12.0. The summed E-state index contributed by atoms with van der Waals surface area (Å²) in [6.45, 7) is 13.1. The van der Waals surface area contributed by atoms with Gasteiger partial charge >= 0.3 is 0 Å². The van der Waals surface area contributed by atoms with Gasteiger partial charge in [-0.3, -0.25) is 0 Å². The van der Waals surface area contributed by atoms with Crippen LogP contribution in [0.5, 0.6) is 0 Å². The third-order valence-electron chi connectivity index (χ3n) is 3.94. The van der Waals surface area contributed by atoms with Gasteiger partial charge in [-0.15, -0.1) is 0 Å². The van der Waals surface area contributed by atoms with Gasteiger partial charge in [-0.25, -0.2) is 0 Å². The molecule has 0 bridgehead atoms. The molecule has 0 spiro atoms. The predicted molar refractivity (Wildman–Crippen MR) is 71.8 cm³/mol. The number of hydrogen-bond acceptors (Lipinski definition) is 2. The van der Waals surface area contributed by atoms with Gasteiger partial charge in [-0.1, -0.05) is 27.2 Å². The fourth-order valence-corrected chi connectivity index (χ4v) is 2.56. The van der Waals surface area contributed by atoms with E-state index in [1.165, 1.54) is 45.3 Å². The second-order valence-electron chi connectivity index (χ2n) is 5.53. The molecule has 1 aliphatic rings. The van der Waals surface area contributed by atoms with Crippen molar-refractivity contribution in [2.45, 2.75) is 65.5 Å². The lowest BCUT2D eigenvalue weighted by molar-refractivity contribution is 0.118. The van der Waals surface area contributed by atoms with Crippen molar-refractivity contribution in [3.05, 3.63) is 0 Å². The Kier molecular flexibility index (Phi) is 6.37. The third-order valence-corrected chi connectivity index (χ3v) is 3.94. The second kappa shape index (κ2) is 7.29. The molecule has 0 aromatic heterocycles. The fourth-order valence-electron chi connectivity index (χ4n) is 2.56. The first-order chi connectivity index (χ1) is 7.67. The molecule has 2 nitrogen and oxygen atoms in total. The molecule has 1 aliphatic heterocycles. The van der Waals surface area contributed by atoms with E-state index in [1.807, 2.05) is 0 Å². The van der Waals surface area contributed by atoms with Crippen molar-refractivity contribution >= 4 is 0 Å². The summed E-state index contributed by atoms with van der Waals surface area (Å²) in [6.07, 6.45) is 5.22. The molecule has 16 heavy (non-hydrogen) atoms. The number of nitrogens with zero attached hydrogens (tertiary/aromatic N) is 1. The van der Waals surface area contributed by atoms with E-state index in [0.717, 1.165) is 18.0 Å². The van der Waals surface area contributed by atoms with E-state index >= 15 is 0 Å². The summed E-state index contributed by atoms with van der Waals surface area (Å²) in [5, 5.41) is 3.66. The highest BCUT2D eigenvalue weighted by atomic mass is 15.2. The summed E-state index contributed by atoms with van der Waals surface area (Å²) in [5.74, 6) is 0.850. The molecule has 1 rings (SSSR count). The molecule has 0 radical (unpaired) electrons. The maximum absolute atomic E-state index is 3.66. The number of likely N-dealkylation sites (tertiary alicyclic amines) is 1. The lowest BCUT2D eigenvalue weighted by Crippen LogP contribution is -2.48. The third kappa shape index (κ3) is 4.42. The van der Waals surface area contributed by atoms with Gasteiger partial charge in [0.2, 0.25) is 0 Å². The summed E-state index contributed by atoms with van der Waals surface area (Å²) >= 11 is 0. The van der Waals surface area contributed by atoms with Crippen molar-refractivity contribution in [3.8, 4) is 0 Å². The Morgan fingerprint density at radius 3 is 2.69 bits per heavy atom. The van der Waals surface area contributed by atoms with Gasteiger partial charge < -0.3 is 10.2 Å². The van der Waals surface area contributed by atoms with Crippen molar-refractivity contribution < 1.29 is 0 Å². The predicted octanol–water partition coefficient (Wildman–Crippen LogP) is 2.89. The van der Waals surface area contributed by atoms with Crippen LogP contribution in [0.3, 0.4) is 0 Å². The van der Waals surface area contributed by atoms with Crippen LogP contribution in [0.25, 0.3) is 0 Å². The minimum absolute atomic E-state index is 0.761. The SMILES string of the molecule is CCCNC1CCN(CC(C)CC)C(C)C1. The second-order valence-corrected chi connectivity index (χ2v) is 5.53. The summed E-state index contributed by atoms with van der Waals surface area (Å²) in [6, 6.07) is 1.53. The summed E-state index contributed by atoms with van der Waals surface area (Å²) in [4.78, 5) is 2.68. The molecule has 0 amide bonds. The van der Waals surface area contributed by atoms with E-state index in [4.69, 9.17) is 0 Å². The Labute approximate surface area is 102 Å². The molecular formula is C14H30N2. The molecule has 1 fully saturated rings. The smallest absolute Gasteiger partial charge is 0.00940 e. The van der Waals surface area contributed by atoms with Gasteiger partial charge in [0.25, 0.3) is 0 Å². The van der Waals surface area contributed by atoms with Crippen LogP contribution in [-0.4, -0.2) is 36.6 Å². The van der Waals surface area contributed by atoms with Crippen LogP contribution in [0.15, 0.2) is 0 Å². The van der Waals surface area contributed by atoms with Crippen molar-refractivity contribution in [3.63, 3.8) is 0 Å². The molecule has 0 aliphatic carbocycles. The van der Waals surface area contributed by atoms with Gasteiger partial charge in [-0.05, 0) is 45.2 Å². The van der Waals surface area contributed by atoms with Gasteiger partial charge in [0, 0.05) is 18.6 Å². The standard InChI is InChI=1S/C14H30N2/c1-5-8-15-14-7-9-16(13(4)10-14)11-12(3)6-2/h12-15H,5-11H2,1-4H3. The van der Waals surface area contributed by atoms with E-state index in [1.54, 1.807) is 0 Å². The maximum atomic E-state index is 3.66. The quantitative estimate of drug-likeness (QED) is 0.749. The monoisotopic (exact) mass is 226 g/mol. The molecule has 0 aromatic rings. The largest absolute Gasteiger partial charge is 0.314 e. The molecule has 3 unspecified atom stereocenters. The molecule has 2 heteroatoms. The topological polar surface area (TPSA) is 15.3 Å². The van der Waals surface area contributed by atoms with E-state index in [9.17, 15) is 0 Å². The van der Waals surface area contributed by atoms with Crippen molar-refractivity contribution in [2.75, 3.05) is 19.6 Å². The average Bonchev–Trinajstić information content (AvgIpc) is 2.29. The van der Waals surface area contributed by atoms with E-state index < -0.39 is 0 Å². The van der Waals surface area contributed by atoms with E-state index in [0.29, 0.717) is 0 Å². The van der Waals surface area contributed by atoms with Crippen molar-refractivity contribution in [2.24, 2.45) is 5.92 Å². The number of nitrogens with one attached hydrogen (secondary N) is 1. The minimum atomic E-state index is 0.761. The first-order valence-electron chi connectivity index (χ1n) is 7.14. The van der Waals surface area contributed by atoms with Crippen LogP contribution in [-0.2, 0) is 0 Å². The van der Waals surface area contributed by atoms with Crippen LogP contribution < -0.4 is 5.32 Å².